The van der Waals surface area contributed by atoms with E-state index in [2.05, 4.69) is 15.1 Å². The topological polar surface area (TPSA) is 95.6 Å². The number of nitrogen functional groups attached to an aromatic ring is 2. The fourth-order valence-corrected chi connectivity index (χ4v) is 2.02. The summed E-state index contributed by atoms with van der Waals surface area (Å²) < 4.78 is 1.58. The Labute approximate surface area is 97.3 Å². The third-order valence-corrected chi connectivity index (χ3v) is 2.97. The molecule has 0 aliphatic heterocycles. The monoisotopic (exact) mass is 238 g/mol. The molecule has 2 aromatic rings. The van der Waals surface area contributed by atoms with E-state index in [1.54, 1.807) is 11.7 Å². The molecule has 6 nitrogen and oxygen atoms in total. The Balaban J connectivity index is 1.84. The maximum Gasteiger partial charge on any atom is 0.218 e. The first-order valence-electron chi connectivity index (χ1n) is 5.00. The van der Waals surface area contributed by atoms with Gasteiger partial charge in [0.05, 0.1) is 5.69 Å². The summed E-state index contributed by atoms with van der Waals surface area (Å²) in [4.78, 5) is 8.32. The maximum atomic E-state index is 5.59. The highest BCUT2D eigenvalue weighted by atomic mass is 32.1. The molecule has 4 N–H and O–H groups in total. The van der Waals surface area contributed by atoms with E-state index in [0.717, 1.165) is 30.8 Å². The Morgan fingerprint density at radius 1 is 1.31 bits per heavy atom. The second kappa shape index (κ2) is 4.48. The van der Waals surface area contributed by atoms with Gasteiger partial charge in [0.25, 0.3) is 0 Å². The van der Waals surface area contributed by atoms with Crippen molar-refractivity contribution in [3.05, 3.63) is 16.9 Å². The lowest BCUT2D eigenvalue weighted by Gasteiger charge is -1.93. The minimum absolute atomic E-state index is 0.452. The number of rotatable bonds is 4. The molecule has 86 valence electrons. The van der Waals surface area contributed by atoms with Gasteiger partial charge in [-0.1, -0.05) is 0 Å². The molecule has 0 saturated carbocycles. The van der Waals surface area contributed by atoms with E-state index in [-0.39, 0.29) is 0 Å². The van der Waals surface area contributed by atoms with Crippen LogP contribution in [0.25, 0.3) is 0 Å². The van der Waals surface area contributed by atoms with Crippen molar-refractivity contribution in [2.45, 2.75) is 19.3 Å². The van der Waals surface area contributed by atoms with Crippen molar-refractivity contribution in [3.63, 3.8) is 0 Å². The fourth-order valence-electron chi connectivity index (χ4n) is 1.42. The summed E-state index contributed by atoms with van der Waals surface area (Å²) in [5.74, 6) is 1.23. The highest BCUT2D eigenvalue weighted by molar-refractivity contribution is 7.13. The Morgan fingerprint density at radius 2 is 2.12 bits per heavy atom. The molecule has 0 radical (unpaired) electrons. The van der Waals surface area contributed by atoms with Crippen LogP contribution in [0.5, 0.6) is 0 Å². The maximum absolute atomic E-state index is 5.59. The number of thiazole rings is 1. The molecular formula is C9H14N6S. The normalized spacial score (nSPS) is 10.8. The van der Waals surface area contributed by atoms with Crippen LogP contribution in [0.4, 0.5) is 11.1 Å². The van der Waals surface area contributed by atoms with Gasteiger partial charge < -0.3 is 11.5 Å². The lowest BCUT2D eigenvalue weighted by atomic mass is 10.2. The predicted octanol–water partition coefficient (Wildman–Crippen LogP) is 0.611. The number of nitrogens with zero attached hydrogens (tertiary/aromatic N) is 4. The van der Waals surface area contributed by atoms with Crippen molar-refractivity contribution in [1.29, 1.82) is 0 Å². The lowest BCUT2D eigenvalue weighted by Crippen LogP contribution is -1.97. The van der Waals surface area contributed by atoms with Crippen LogP contribution < -0.4 is 11.5 Å². The average molecular weight is 238 g/mol. The SMILES string of the molecule is Cn1nc(CCCc2csc(N)n2)nc1N. The smallest absolute Gasteiger partial charge is 0.218 e. The van der Waals surface area contributed by atoms with E-state index in [9.17, 15) is 0 Å². The van der Waals surface area contributed by atoms with Crippen molar-refractivity contribution in [1.82, 2.24) is 19.7 Å². The number of aromatic nitrogens is 4. The Morgan fingerprint density at radius 3 is 2.69 bits per heavy atom. The number of nitrogens with two attached hydrogens (primary N) is 2. The quantitative estimate of drug-likeness (QED) is 0.813. The zero-order valence-corrected chi connectivity index (χ0v) is 9.87. The first-order chi connectivity index (χ1) is 7.65. The van der Waals surface area contributed by atoms with Gasteiger partial charge in [-0.15, -0.1) is 11.3 Å². The summed E-state index contributed by atoms with van der Waals surface area (Å²) in [5.41, 5.74) is 12.2. The van der Waals surface area contributed by atoms with Gasteiger partial charge in [-0.3, -0.25) is 0 Å². The number of hydrogen-bond donors (Lipinski definition) is 2. The van der Waals surface area contributed by atoms with Gasteiger partial charge in [-0.25, -0.2) is 9.67 Å². The summed E-state index contributed by atoms with van der Waals surface area (Å²) in [7, 11) is 1.78. The van der Waals surface area contributed by atoms with Crippen LogP contribution in [0, 0.1) is 0 Å². The van der Waals surface area contributed by atoms with Crippen molar-refractivity contribution >= 4 is 22.4 Å². The lowest BCUT2D eigenvalue weighted by molar-refractivity contribution is 0.718. The molecule has 0 atom stereocenters. The highest BCUT2D eigenvalue weighted by Crippen LogP contribution is 2.13. The highest BCUT2D eigenvalue weighted by Gasteiger charge is 2.04. The molecule has 0 saturated heterocycles. The van der Waals surface area contributed by atoms with E-state index in [1.165, 1.54) is 11.3 Å². The molecule has 0 spiro atoms. The summed E-state index contributed by atoms with van der Waals surface area (Å²) >= 11 is 1.47. The zero-order valence-electron chi connectivity index (χ0n) is 9.05. The van der Waals surface area contributed by atoms with Gasteiger partial charge in [0.15, 0.2) is 11.0 Å². The molecule has 2 aromatic heterocycles. The third-order valence-electron chi connectivity index (χ3n) is 2.24. The zero-order chi connectivity index (χ0) is 11.5. The van der Waals surface area contributed by atoms with Crippen LogP contribution in [0.1, 0.15) is 17.9 Å². The molecule has 0 aliphatic carbocycles. The molecule has 2 rings (SSSR count). The first-order valence-corrected chi connectivity index (χ1v) is 5.88. The van der Waals surface area contributed by atoms with E-state index in [4.69, 9.17) is 11.5 Å². The summed E-state index contributed by atoms with van der Waals surface area (Å²) in [6.07, 6.45) is 2.65. The summed E-state index contributed by atoms with van der Waals surface area (Å²) in [6.45, 7) is 0. The van der Waals surface area contributed by atoms with Gasteiger partial charge in [0.2, 0.25) is 5.95 Å². The second-order valence-electron chi connectivity index (χ2n) is 3.54. The average Bonchev–Trinajstić information content (AvgIpc) is 2.75. The molecule has 0 aliphatic rings. The van der Waals surface area contributed by atoms with Gasteiger partial charge in [-0.2, -0.15) is 10.1 Å². The van der Waals surface area contributed by atoms with E-state index >= 15 is 0 Å². The number of hydrogen-bond acceptors (Lipinski definition) is 6. The van der Waals surface area contributed by atoms with Gasteiger partial charge >= 0.3 is 0 Å². The minimum atomic E-state index is 0.452. The predicted molar refractivity (Wildman–Crippen MR) is 64.0 cm³/mol. The third kappa shape index (κ3) is 2.48. The van der Waals surface area contributed by atoms with Crippen molar-refractivity contribution < 1.29 is 0 Å². The summed E-state index contributed by atoms with van der Waals surface area (Å²) in [5, 5.41) is 6.79. The summed E-state index contributed by atoms with van der Waals surface area (Å²) in [6, 6.07) is 0. The van der Waals surface area contributed by atoms with Crippen molar-refractivity contribution in [2.75, 3.05) is 11.5 Å². The van der Waals surface area contributed by atoms with Crippen molar-refractivity contribution in [3.8, 4) is 0 Å². The Kier molecular flexibility index (Phi) is 3.04. The Hall–Kier alpha value is -1.63. The molecule has 0 unspecified atom stereocenters. The van der Waals surface area contributed by atoms with Gasteiger partial charge in [-0.05, 0) is 12.8 Å². The van der Waals surface area contributed by atoms with E-state index < -0.39 is 0 Å². The molecule has 2 heterocycles. The van der Waals surface area contributed by atoms with Gasteiger partial charge in [0, 0.05) is 18.8 Å². The van der Waals surface area contributed by atoms with Gasteiger partial charge in [0.1, 0.15) is 0 Å². The molecule has 0 aromatic carbocycles. The minimum Gasteiger partial charge on any atom is -0.375 e. The van der Waals surface area contributed by atoms with Crippen LogP contribution >= 0.6 is 11.3 Å². The first kappa shape index (κ1) is 10.9. The van der Waals surface area contributed by atoms with Crippen LogP contribution in [0.15, 0.2) is 5.38 Å². The molecule has 0 bridgehead atoms. The Bertz CT molecular complexity index is 455. The number of anilines is 2. The molecule has 0 fully saturated rings. The molecule has 7 heteroatoms. The van der Waals surface area contributed by atoms with E-state index in [0.29, 0.717) is 11.1 Å². The largest absolute Gasteiger partial charge is 0.375 e. The second-order valence-corrected chi connectivity index (χ2v) is 4.43. The number of aryl methyl sites for hydroxylation is 3. The van der Waals surface area contributed by atoms with Crippen LogP contribution in [0.3, 0.4) is 0 Å². The van der Waals surface area contributed by atoms with E-state index in [1.807, 2.05) is 5.38 Å². The van der Waals surface area contributed by atoms with Crippen LogP contribution in [-0.4, -0.2) is 19.7 Å². The molecule has 16 heavy (non-hydrogen) atoms. The van der Waals surface area contributed by atoms with Crippen LogP contribution in [-0.2, 0) is 19.9 Å². The van der Waals surface area contributed by atoms with Crippen LogP contribution in [0.2, 0.25) is 0 Å². The molecular weight excluding hydrogens is 224 g/mol. The fraction of sp³-hybridized carbons (Fsp3) is 0.444. The standard InChI is InChI=1S/C9H14N6S/c1-15-8(10)13-7(14-15)4-2-3-6-5-16-9(11)12-6/h5H,2-4H2,1H3,(H2,11,12)(H2,10,13,14). The molecule has 0 amide bonds. The van der Waals surface area contributed by atoms with Crippen molar-refractivity contribution in [2.24, 2.45) is 7.05 Å².